The first kappa shape index (κ1) is 14.6. The predicted octanol–water partition coefficient (Wildman–Crippen LogP) is 1.95. The van der Waals surface area contributed by atoms with Crippen molar-refractivity contribution in [2.75, 3.05) is 0 Å². The van der Waals surface area contributed by atoms with Crippen molar-refractivity contribution < 1.29 is 4.42 Å². The third kappa shape index (κ3) is 2.46. The zero-order valence-electron chi connectivity index (χ0n) is 12.7. The Morgan fingerprint density at radius 2 is 2.04 bits per heavy atom. The lowest BCUT2D eigenvalue weighted by atomic mass is 10.1. The first-order valence-electron chi connectivity index (χ1n) is 7.22. The predicted molar refractivity (Wildman–Crippen MR) is 89.8 cm³/mol. The molecule has 0 radical (unpaired) electrons. The summed E-state index contributed by atoms with van der Waals surface area (Å²) in [6.45, 7) is 2.07. The SMILES string of the molecule is Cc1ccc2c(Cn3nnn(-c4cccs4)c3=O)cc(=O)oc2c1. The first-order valence-corrected chi connectivity index (χ1v) is 8.10. The molecule has 0 N–H and O–H groups in total. The molecule has 0 spiro atoms. The van der Waals surface area contributed by atoms with Gasteiger partial charge in [-0.2, -0.15) is 9.36 Å². The fourth-order valence-corrected chi connectivity index (χ4v) is 3.20. The molecule has 0 aliphatic heterocycles. The standard InChI is InChI=1S/C16H12N4O3S/c1-10-4-5-12-11(8-15(21)23-13(12)7-10)9-19-16(22)20(18-17-19)14-3-2-6-24-14/h2-8H,9H2,1H3. The fraction of sp³-hybridized carbons (Fsp3) is 0.125. The molecule has 0 aliphatic carbocycles. The molecule has 0 saturated heterocycles. The van der Waals surface area contributed by atoms with Crippen molar-refractivity contribution in [3.05, 3.63) is 73.8 Å². The summed E-state index contributed by atoms with van der Waals surface area (Å²) in [4.78, 5) is 24.2. The lowest BCUT2D eigenvalue weighted by Crippen LogP contribution is -2.24. The van der Waals surface area contributed by atoms with Crippen LogP contribution in [-0.2, 0) is 6.54 Å². The van der Waals surface area contributed by atoms with Gasteiger partial charge in [-0.3, -0.25) is 0 Å². The molecule has 4 aromatic rings. The first-order chi connectivity index (χ1) is 11.6. The summed E-state index contributed by atoms with van der Waals surface area (Å²) in [5.41, 5.74) is 1.34. The van der Waals surface area contributed by atoms with Crippen molar-refractivity contribution in [3.8, 4) is 5.00 Å². The van der Waals surface area contributed by atoms with E-state index in [1.165, 1.54) is 26.8 Å². The van der Waals surface area contributed by atoms with E-state index >= 15 is 0 Å². The number of hydrogen-bond acceptors (Lipinski definition) is 6. The minimum Gasteiger partial charge on any atom is -0.423 e. The molecule has 1 aromatic carbocycles. The van der Waals surface area contributed by atoms with Crippen LogP contribution < -0.4 is 11.3 Å². The number of tetrazole rings is 1. The van der Waals surface area contributed by atoms with E-state index in [-0.39, 0.29) is 12.2 Å². The summed E-state index contributed by atoms with van der Waals surface area (Å²) in [7, 11) is 0. The highest BCUT2D eigenvalue weighted by atomic mass is 32.1. The van der Waals surface area contributed by atoms with E-state index in [1.807, 2.05) is 30.5 Å². The van der Waals surface area contributed by atoms with Crippen LogP contribution in [0.25, 0.3) is 16.0 Å². The average Bonchev–Trinajstić information content (AvgIpc) is 3.17. The molecular formula is C16H12N4O3S. The second-order valence-corrected chi connectivity index (χ2v) is 6.30. The van der Waals surface area contributed by atoms with Gasteiger partial charge in [-0.05, 0) is 52.1 Å². The number of rotatable bonds is 3. The summed E-state index contributed by atoms with van der Waals surface area (Å²) in [5.74, 6) is 0. The van der Waals surface area contributed by atoms with Crippen molar-refractivity contribution in [2.24, 2.45) is 0 Å². The van der Waals surface area contributed by atoms with Gasteiger partial charge in [0.1, 0.15) is 10.6 Å². The van der Waals surface area contributed by atoms with Crippen LogP contribution in [0.15, 0.2) is 55.8 Å². The Balaban J connectivity index is 1.81. The lowest BCUT2D eigenvalue weighted by molar-refractivity contribution is 0.554. The molecule has 0 aliphatic rings. The number of nitrogens with zero attached hydrogens (tertiary/aromatic N) is 4. The van der Waals surface area contributed by atoms with Crippen LogP contribution in [0.3, 0.4) is 0 Å². The molecule has 0 atom stereocenters. The molecule has 0 unspecified atom stereocenters. The number of fused-ring (bicyclic) bond motifs is 1. The number of thiophene rings is 1. The highest BCUT2D eigenvalue weighted by molar-refractivity contribution is 7.12. The van der Waals surface area contributed by atoms with Crippen LogP contribution in [-0.4, -0.2) is 19.8 Å². The average molecular weight is 340 g/mol. The maximum absolute atomic E-state index is 12.5. The Bertz CT molecular complexity index is 1140. The van der Waals surface area contributed by atoms with Gasteiger partial charge in [-0.15, -0.1) is 11.3 Å². The van der Waals surface area contributed by atoms with Gasteiger partial charge in [0.05, 0.1) is 6.54 Å². The van der Waals surface area contributed by atoms with Crippen molar-refractivity contribution in [2.45, 2.75) is 13.5 Å². The molecule has 3 aromatic heterocycles. The number of benzene rings is 1. The summed E-state index contributed by atoms with van der Waals surface area (Å²) in [6.07, 6.45) is 0. The molecule has 0 saturated carbocycles. The minimum absolute atomic E-state index is 0.148. The Kier molecular flexibility index (Phi) is 3.39. The van der Waals surface area contributed by atoms with Gasteiger partial charge >= 0.3 is 11.3 Å². The van der Waals surface area contributed by atoms with Crippen LogP contribution >= 0.6 is 11.3 Å². The molecule has 8 heteroatoms. The van der Waals surface area contributed by atoms with Crippen molar-refractivity contribution in [1.82, 2.24) is 19.8 Å². The smallest absolute Gasteiger partial charge is 0.369 e. The second-order valence-electron chi connectivity index (χ2n) is 5.37. The van der Waals surface area contributed by atoms with E-state index in [1.54, 1.807) is 12.1 Å². The highest BCUT2D eigenvalue weighted by Gasteiger charge is 2.13. The molecule has 0 fully saturated rings. The van der Waals surface area contributed by atoms with Gasteiger partial charge in [0, 0.05) is 11.5 Å². The lowest BCUT2D eigenvalue weighted by Gasteiger charge is -2.05. The van der Waals surface area contributed by atoms with Crippen molar-refractivity contribution in [3.63, 3.8) is 0 Å². The monoisotopic (exact) mass is 340 g/mol. The topological polar surface area (TPSA) is 82.9 Å². The summed E-state index contributed by atoms with van der Waals surface area (Å²) >= 11 is 1.40. The minimum atomic E-state index is -0.457. The third-order valence-corrected chi connectivity index (χ3v) is 4.50. The molecule has 4 rings (SSSR count). The van der Waals surface area contributed by atoms with E-state index in [0.717, 1.165) is 10.9 Å². The Morgan fingerprint density at radius 3 is 2.83 bits per heavy atom. The Hall–Kier alpha value is -3.00. The highest BCUT2D eigenvalue weighted by Crippen LogP contribution is 2.19. The third-order valence-electron chi connectivity index (χ3n) is 3.66. The second kappa shape index (κ2) is 5.57. The quantitative estimate of drug-likeness (QED) is 0.532. The van der Waals surface area contributed by atoms with E-state index in [9.17, 15) is 9.59 Å². The fourth-order valence-electron chi connectivity index (χ4n) is 2.53. The maximum atomic E-state index is 12.5. The molecule has 3 heterocycles. The molecule has 7 nitrogen and oxygen atoms in total. The largest absolute Gasteiger partial charge is 0.423 e. The Labute approximate surface area is 139 Å². The molecule has 120 valence electrons. The van der Waals surface area contributed by atoms with E-state index in [2.05, 4.69) is 10.4 Å². The number of hydrogen-bond donors (Lipinski definition) is 0. The van der Waals surface area contributed by atoms with Gasteiger partial charge < -0.3 is 4.42 Å². The maximum Gasteiger partial charge on any atom is 0.369 e. The van der Waals surface area contributed by atoms with Gasteiger partial charge in [0.15, 0.2) is 0 Å². The zero-order valence-corrected chi connectivity index (χ0v) is 13.5. The molecule has 0 amide bonds. The van der Waals surface area contributed by atoms with Gasteiger partial charge in [0.25, 0.3) is 0 Å². The van der Waals surface area contributed by atoms with Crippen LogP contribution in [0.4, 0.5) is 0 Å². The Morgan fingerprint density at radius 1 is 1.17 bits per heavy atom. The van der Waals surface area contributed by atoms with E-state index in [0.29, 0.717) is 16.1 Å². The van der Waals surface area contributed by atoms with E-state index in [4.69, 9.17) is 4.42 Å². The van der Waals surface area contributed by atoms with Crippen molar-refractivity contribution in [1.29, 1.82) is 0 Å². The number of aryl methyl sites for hydroxylation is 1. The van der Waals surface area contributed by atoms with Gasteiger partial charge in [-0.1, -0.05) is 12.1 Å². The molecule has 24 heavy (non-hydrogen) atoms. The summed E-state index contributed by atoms with van der Waals surface area (Å²) < 4.78 is 7.70. The normalized spacial score (nSPS) is 11.2. The number of aromatic nitrogens is 4. The van der Waals surface area contributed by atoms with Gasteiger partial charge in [0.2, 0.25) is 0 Å². The van der Waals surface area contributed by atoms with E-state index < -0.39 is 5.63 Å². The van der Waals surface area contributed by atoms with Crippen LogP contribution in [0.1, 0.15) is 11.1 Å². The van der Waals surface area contributed by atoms with Crippen molar-refractivity contribution >= 4 is 22.3 Å². The van der Waals surface area contributed by atoms with Crippen LogP contribution in [0, 0.1) is 6.92 Å². The van der Waals surface area contributed by atoms with Gasteiger partial charge in [-0.25, -0.2) is 9.59 Å². The molecule has 0 bridgehead atoms. The summed E-state index contributed by atoms with van der Waals surface area (Å²) in [5, 5.41) is 11.1. The van der Waals surface area contributed by atoms with Crippen LogP contribution in [0.5, 0.6) is 0 Å². The molecular weight excluding hydrogens is 328 g/mol. The van der Waals surface area contributed by atoms with Crippen LogP contribution in [0.2, 0.25) is 0 Å². The summed E-state index contributed by atoms with van der Waals surface area (Å²) in [6, 6.07) is 10.6. The zero-order chi connectivity index (χ0) is 16.7.